The molecule has 0 heterocycles. The quantitative estimate of drug-likeness (QED) is 0.663. The van der Waals surface area contributed by atoms with E-state index in [-0.39, 0.29) is 29.4 Å². The number of primary amides is 1. The number of aliphatic hydroxyl groups is 1. The standard InChI is InChI=1S/C11H19NO2/c1-6-4-5-7(2)10(11(12)14)9(6)8(3)13/h6-7,9-10,13H,3-5H2,1-2H3,(H2,12,14). The normalized spacial score (nSPS) is 37.9. The lowest BCUT2D eigenvalue weighted by molar-refractivity contribution is -0.127. The summed E-state index contributed by atoms with van der Waals surface area (Å²) in [5, 5.41) is 9.48. The number of carbonyl (C=O) groups is 1. The van der Waals surface area contributed by atoms with Crippen LogP contribution in [-0.2, 0) is 4.79 Å². The first kappa shape index (κ1) is 11.1. The first-order valence-electron chi connectivity index (χ1n) is 5.12. The molecule has 1 amide bonds. The van der Waals surface area contributed by atoms with E-state index in [0.29, 0.717) is 5.92 Å². The minimum atomic E-state index is -0.316. The van der Waals surface area contributed by atoms with E-state index in [1.807, 2.05) is 13.8 Å². The highest BCUT2D eigenvalue weighted by molar-refractivity contribution is 5.77. The van der Waals surface area contributed by atoms with Gasteiger partial charge in [-0.15, -0.1) is 0 Å². The number of nitrogens with two attached hydrogens (primary N) is 1. The van der Waals surface area contributed by atoms with E-state index in [1.54, 1.807) is 0 Å². The Morgan fingerprint density at radius 1 is 1.29 bits per heavy atom. The molecule has 3 nitrogen and oxygen atoms in total. The summed E-state index contributed by atoms with van der Waals surface area (Å²) in [4.78, 5) is 11.3. The van der Waals surface area contributed by atoms with Gasteiger partial charge in [-0.3, -0.25) is 4.79 Å². The van der Waals surface area contributed by atoms with Crippen LogP contribution in [0.5, 0.6) is 0 Å². The Kier molecular flexibility index (Phi) is 3.19. The Bertz CT molecular complexity index is 224. The second-order valence-corrected chi connectivity index (χ2v) is 4.48. The SMILES string of the molecule is C=C(O)C1C(C)CCC(C)C1C(N)=O. The highest BCUT2D eigenvalue weighted by Gasteiger charge is 2.40. The maximum Gasteiger partial charge on any atom is 0.221 e. The second-order valence-electron chi connectivity index (χ2n) is 4.48. The monoisotopic (exact) mass is 197 g/mol. The van der Waals surface area contributed by atoms with Crippen LogP contribution in [0, 0.1) is 23.7 Å². The lowest BCUT2D eigenvalue weighted by Crippen LogP contribution is -2.41. The van der Waals surface area contributed by atoms with E-state index in [9.17, 15) is 9.90 Å². The Morgan fingerprint density at radius 3 is 2.00 bits per heavy atom. The lowest BCUT2D eigenvalue weighted by Gasteiger charge is -2.38. The fourth-order valence-electron chi connectivity index (χ4n) is 2.59. The molecule has 0 aromatic rings. The summed E-state index contributed by atoms with van der Waals surface area (Å²) in [5.74, 6) is -0.0802. The smallest absolute Gasteiger partial charge is 0.221 e. The van der Waals surface area contributed by atoms with E-state index >= 15 is 0 Å². The summed E-state index contributed by atoms with van der Waals surface area (Å²) in [6.45, 7) is 7.59. The second kappa shape index (κ2) is 4.03. The molecule has 0 aromatic heterocycles. The number of carbonyl (C=O) groups excluding carboxylic acids is 1. The Balaban J connectivity index is 2.92. The predicted octanol–water partition coefficient (Wildman–Crippen LogP) is 1.84. The van der Waals surface area contributed by atoms with Crippen LogP contribution < -0.4 is 5.73 Å². The third kappa shape index (κ3) is 1.91. The minimum Gasteiger partial charge on any atom is -0.513 e. The first-order valence-corrected chi connectivity index (χ1v) is 5.12. The van der Waals surface area contributed by atoms with Crippen LogP contribution in [0.1, 0.15) is 26.7 Å². The van der Waals surface area contributed by atoms with Gasteiger partial charge < -0.3 is 10.8 Å². The van der Waals surface area contributed by atoms with Crippen molar-refractivity contribution in [1.82, 2.24) is 0 Å². The maximum atomic E-state index is 11.3. The van der Waals surface area contributed by atoms with Crippen molar-refractivity contribution in [3.63, 3.8) is 0 Å². The summed E-state index contributed by atoms with van der Waals surface area (Å²) in [5.41, 5.74) is 5.36. The molecule has 0 aliphatic heterocycles. The average Bonchev–Trinajstić information content (AvgIpc) is 2.07. The molecule has 4 atom stereocenters. The summed E-state index contributed by atoms with van der Waals surface area (Å²) in [7, 11) is 0. The zero-order valence-electron chi connectivity index (χ0n) is 8.86. The van der Waals surface area contributed by atoms with Gasteiger partial charge in [0.15, 0.2) is 0 Å². The molecule has 1 fully saturated rings. The van der Waals surface area contributed by atoms with Crippen molar-refractivity contribution in [1.29, 1.82) is 0 Å². The number of aliphatic hydroxyl groups excluding tert-OH is 1. The van der Waals surface area contributed by atoms with E-state index in [0.717, 1.165) is 12.8 Å². The first-order chi connectivity index (χ1) is 6.45. The van der Waals surface area contributed by atoms with Gasteiger partial charge in [0.25, 0.3) is 0 Å². The molecular formula is C11H19NO2. The molecule has 3 N–H and O–H groups in total. The molecule has 1 saturated carbocycles. The largest absolute Gasteiger partial charge is 0.513 e. The highest BCUT2D eigenvalue weighted by atomic mass is 16.3. The topological polar surface area (TPSA) is 63.3 Å². The Hall–Kier alpha value is -0.990. The third-order valence-corrected chi connectivity index (χ3v) is 3.40. The molecule has 14 heavy (non-hydrogen) atoms. The fourth-order valence-corrected chi connectivity index (χ4v) is 2.59. The van der Waals surface area contributed by atoms with Crippen LogP contribution in [0.4, 0.5) is 0 Å². The van der Waals surface area contributed by atoms with Crippen molar-refractivity contribution in [3.8, 4) is 0 Å². The molecule has 0 bridgehead atoms. The third-order valence-electron chi connectivity index (χ3n) is 3.40. The Labute approximate surface area is 85.0 Å². The molecule has 0 radical (unpaired) electrons. The van der Waals surface area contributed by atoms with Crippen LogP contribution in [0.25, 0.3) is 0 Å². The van der Waals surface area contributed by atoms with Gasteiger partial charge >= 0.3 is 0 Å². The number of hydrogen-bond donors (Lipinski definition) is 2. The molecule has 1 aliphatic rings. The average molecular weight is 197 g/mol. The maximum absolute atomic E-state index is 11.3. The van der Waals surface area contributed by atoms with Crippen LogP contribution >= 0.6 is 0 Å². The van der Waals surface area contributed by atoms with E-state index < -0.39 is 0 Å². The van der Waals surface area contributed by atoms with Gasteiger partial charge in [0.1, 0.15) is 0 Å². The molecule has 3 heteroatoms. The molecular weight excluding hydrogens is 178 g/mol. The predicted molar refractivity (Wildman–Crippen MR) is 55.5 cm³/mol. The number of amides is 1. The number of rotatable bonds is 2. The minimum absolute atomic E-state index is 0.104. The fraction of sp³-hybridized carbons (Fsp3) is 0.727. The van der Waals surface area contributed by atoms with Crippen molar-refractivity contribution >= 4 is 5.91 Å². The van der Waals surface area contributed by atoms with Gasteiger partial charge in [0.2, 0.25) is 5.91 Å². The van der Waals surface area contributed by atoms with Crippen LogP contribution in [0.2, 0.25) is 0 Å². The molecule has 0 aromatic carbocycles. The molecule has 0 saturated heterocycles. The van der Waals surface area contributed by atoms with Crippen LogP contribution in [-0.4, -0.2) is 11.0 Å². The van der Waals surface area contributed by atoms with Gasteiger partial charge in [-0.05, 0) is 24.7 Å². The van der Waals surface area contributed by atoms with Crippen molar-refractivity contribution in [2.24, 2.45) is 29.4 Å². The molecule has 0 spiro atoms. The number of allylic oxidation sites excluding steroid dienone is 1. The van der Waals surface area contributed by atoms with E-state index in [2.05, 4.69) is 6.58 Å². The lowest BCUT2D eigenvalue weighted by atomic mass is 9.67. The van der Waals surface area contributed by atoms with Gasteiger partial charge in [-0.25, -0.2) is 0 Å². The molecule has 1 rings (SSSR count). The van der Waals surface area contributed by atoms with Crippen LogP contribution in [0.3, 0.4) is 0 Å². The zero-order valence-corrected chi connectivity index (χ0v) is 8.86. The summed E-state index contributed by atoms with van der Waals surface area (Å²) >= 11 is 0. The van der Waals surface area contributed by atoms with E-state index in [1.165, 1.54) is 0 Å². The van der Waals surface area contributed by atoms with Crippen molar-refractivity contribution in [3.05, 3.63) is 12.3 Å². The van der Waals surface area contributed by atoms with Gasteiger partial charge in [0.05, 0.1) is 11.7 Å². The van der Waals surface area contributed by atoms with Gasteiger partial charge in [0, 0.05) is 5.92 Å². The molecule has 80 valence electrons. The van der Waals surface area contributed by atoms with Gasteiger partial charge in [-0.1, -0.05) is 20.4 Å². The summed E-state index contributed by atoms with van der Waals surface area (Å²) in [6.07, 6.45) is 2.02. The molecule has 1 aliphatic carbocycles. The molecule has 4 unspecified atom stereocenters. The Morgan fingerprint density at radius 2 is 1.71 bits per heavy atom. The zero-order chi connectivity index (χ0) is 10.9. The summed E-state index contributed by atoms with van der Waals surface area (Å²) in [6, 6.07) is 0. The van der Waals surface area contributed by atoms with Crippen molar-refractivity contribution in [2.75, 3.05) is 0 Å². The summed E-state index contributed by atoms with van der Waals surface area (Å²) < 4.78 is 0. The van der Waals surface area contributed by atoms with E-state index in [4.69, 9.17) is 5.73 Å². The number of hydrogen-bond acceptors (Lipinski definition) is 2. The highest BCUT2D eigenvalue weighted by Crippen LogP contribution is 2.41. The van der Waals surface area contributed by atoms with Gasteiger partial charge in [-0.2, -0.15) is 0 Å². The van der Waals surface area contributed by atoms with Crippen molar-refractivity contribution in [2.45, 2.75) is 26.7 Å². The van der Waals surface area contributed by atoms with Crippen molar-refractivity contribution < 1.29 is 9.90 Å². The van der Waals surface area contributed by atoms with Crippen LogP contribution in [0.15, 0.2) is 12.3 Å².